The highest BCUT2D eigenvalue weighted by atomic mass is 16.7. The molecule has 0 unspecified atom stereocenters. The van der Waals surface area contributed by atoms with E-state index in [1.165, 1.54) is 43.2 Å². The first-order valence-electron chi connectivity index (χ1n) is 6.59. The van der Waals surface area contributed by atoms with Gasteiger partial charge in [0.1, 0.15) is 0 Å². The van der Waals surface area contributed by atoms with Crippen LogP contribution in [0.2, 0.25) is 0 Å². The van der Waals surface area contributed by atoms with Crippen LogP contribution in [0.15, 0.2) is 24.3 Å². The summed E-state index contributed by atoms with van der Waals surface area (Å²) >= 11 is 0. The number of rotatable bonds is 1. The van der Waals surface area contributed by atoms with E-state index in [-0.39, 0.29) is 0 Å². The summed E-state index contributed by atoms with van der Waals surface area (Å²) in [6.45, 7) is 2.09. The third kappa shape index (κ3) is 2.04. The summed E-state index contributed by atoms with van der Waals surface area (Å²) in [5.74, 6) is 1.72. The number of hydroxylamine groups is 1. The molecule has 1 aliphatic carbocycles. The number of para-hydroxylation sites is 1. The van der Waals surface area contributed by atoms with Crippen LogP contribution in [0.1, 0.15) is 43.2 Å². The highest BCUT2D eigenvalue weighted by Crippen LogP contribution is 2.35. The van der Waals surface area contributed by atoms with Gasteiger partial charge in [-0.1, -0.05) is 37.5 Å². The Morgan fingerprint density at radius 2 is 2.06 bits per heavy atom. The Balaban J connectivity index is 1.87. The SMILES string of the molecule is Cc1cccc2c1ONC2=CC1CCCCC1. The van der Waals surface area contributed by atoms with Crippen molar-refractivity contribution >= 4 is 5.70 Å². The van der Waals surface area contributed by atoms with Crippen LogP contribution in [-0.4, -0.2) is 0 Å². The third-order valence-corrected chi connectivity index (χ3v) is 3.82. The zero-order chi connectivity index (χ0) is 11.7. The highest BCUT2D eigenvalue weighted by molar-refractivity contribution is 5.73. The Morgan fingerprint density at radius 1 is 1.24 bits per heavy atom. The molecule has 1 aromatic carbocycles. The lowest BCUT2D eigenvalue weighted by Gasteiger charge is -2.18. The van der Waals surface area contributed by atoms with E-state index < -0.39 is 0 Å². The van der Waals surface area contributed by atoms with Crippen LogP contribution < -0.4 is 10.3 Å². The van der Waals surface area contributed by atoms with Gasteiger partial charge in [0.25, 0.3) is 0 Å². The summed E-state index contributed by atoms with van der Waals surface area (Å²) in [5.41, 5.74) is 6.65. The molecule has 3 rings (SSSR count). The monoisotopic (exact) mass is 229 g/mol. The molecule has 0 amide bonds. The minimum Gasteiger partial charge on any atom is -0.381 e. The van der Waals surface area contributed by atoms with E-state index in [4.69, 9.17) is 4.84 Å². The molecule has 1 aliphatic heterocycles. The van der Waals surface area contributed by atoms with Crippen LogP contribution in [0, 0.1) is 12.8 Å². The molecule has 0 radical (unpaired) electrons. The maximum absolute atomic E-state index is 5.57. The fourth-order valence-corrected chi connectivity index (χ4v) is 2.82. The standard InChI is InChI=1S/C15H19NO/c1-11-6-5-9-13-14(16-17-15(11)13)10-12-7-3-2-4-8-12/h5-6,9-10,12,16H,2-4,7-8H2,1H3. The number of benzene rings is 1. The number of fused-ring (bicyclic) bond motifs is 1. The summed E-state index contributed by atoms with van der Waals surface area (Å²) in [5, 5.41) is 0. The van der Waals surface area contributed by atoms with Crippen LogP contribution in [-0.2, 0) is 0 Å². The van der Waals surface area contributed by atoms with Gasteiger partial charge in [-0.2, -0.15) is 0 Å². The van der Waals surface area contributed by atoms with E-state index in [1.54, 1.807) is 0 Å². The summed E-state index contributed by atoms with van der Waals surface area (Å²) in [4.78, 5) is 5.57. The van der Waals surface area contributed by atoms with Gasteiger partial charge in [0.05, 0.1) is 5.70 Å². The average Bonchev–Trinajstić information content (AvgIpc) is 2.76. The minimum atomic E-state index is 0.723. The lowest BCUT2D eigenvalue weighted by molar-refractivity contribution is 0.269. The summed E-state index contributed by atoms with van der Waals surface area (Å²) in [6, 6.07) is 6.32. The van der Waals surface area contributed by atoms with Crippen molar-refractivity contribution in [2.24, 2.45) is 5.92 Å². The van der Waals surface area contributed by atoms with Gasteiger partial charge < -0.3 is 4.84 Å². The normalized spacial score (nSPS) is 22.1. The van der Waals surface area contributed by atoms with Gasteiger partial charge in [-0.25, -0.2) is 5.48 Å². The van der Waals surface area contributed by atoms with Gasteiger partial charge >= 0.3 is 0 Å². The fourth-order valence-electron chi connectivity index (χ4n) is 2.82. The molecule has 0 bridgehead atoms. The van der Waals surface area contributed by atoms with Crippen molar-refractivity contribution in [3.05, 3.63) is 35.4 Å². The number of nitrogens with one attached hydrogen (secondary N) is 1. The second-order valence-corrected chi connectivity index (χ2v) is 5.13. The van der Waals surface area contributed by atoms with Crippen molar-refractivity contribution in [1.29, 1.82) is 0 Å². The average molecular weight is 229 g/mol. The van der Waals surface area contributed by atoms with Crippen molar-refractivity contribution in [1.82, 2.24) is 5.48 Å². The molecule has 0 aromatic heterocycles. The molecule has 2 nitrogen and oxygen atoms in total. The maximum Gasteiger partial charge on any atom is 0.167 e. The molecule has 90 valence electrons. The summed E-state index contributed by atoms with van der Waals surface area (Å²) < 4.78 is 0. The van der Waals surface area contributed by atoms with E-state index in [9.17, 15) is 0 Å². The molecular weight excluding hydrogens is 210 g/mol. The van der Waals surface area contributed by atoms with Crippen molar-refractivity contribution in [3.8, 4) is 5.75 Å². The second kappa shape index (κ2) is 4.44. The van der Waals surface area contributed by atoms with E-state index in [0.29, 0.717) is 0 Å². The number of aryl methyl sites for hydroxylation is 1. The van der Waals surface area contributed by atoms with Crippen molar-refractivity contribution in [2.75, 3.05) is 0 Å². The Morgan fingerprint density at radius 3 is 2.88 bits per heavy atom. The molecule has 1 fully saturated rings. The number of hydrogen-bond acceptors (Lipinski definition) is 2. The predicted octanol–water partition coefficient (Wildman–Crippen LogP) is 3.81. The quantitative estimate of drug-likeness (QED) is 0.790. The van der Waals surface area contributed by atoms with Gasteiger partial charge in [-0.3, -0.25) is 0 Å². The first-order valence-corrected chi connectivity index (χ1v) is 6.59. The predicted molar refractivity (Wildman–Crippen MR) is 69.5 cm³/mol. The van der Waals surface area contributed by atoms with Crippen LogP contribution in [0.5, 0.6) is 5.75 Å². The summed E-state index contributed by atoms with van der Waals surface area (Å²) in [6.07, 6.45) is 9.16. The Labute approximate surface area is 103 Å². The third-order valence-electron chi connectivity index (χ3n) is 3.82. The van der Waals surface area contributed by atoms with E-state index in [0.717, 1.165) is 17.4 Å². The molecular formula is C15H19NO. The summed E-state index contributed by atoms with van der Waals surface area (Å²) in [7, 11) is 0. The van der Waals surface area contributed by atoms with E-state index >= 15 is 0 Å². The minimum absolute atomic E-state index is 0.723. The van der Waals surface area contributed by atoms with Crippen LogP contribution in [0.25, 0.3) is 5.70 Å². The first-order chi connectivity index (χ1) is 8.34. The maximum atomic E-state index is 5.57. The lowest BCUT2D eigenvalue weighted by atomic mass is 9.88. The van der Waals surface area contributed by atoms with Gasteiger partial charge in [-0.15, -0.1) is 0 Å². The Hall–Kier alpha value is -1.44. The lowest BCUT2D eigenvalue weighted by Crippen LogP contribution is -2.11. The topological polar surface area (TPSA) is 21.3 Å². The van der Waals surface area contributed by atoms with Gasteiger partial charge in [0, 0.05) is 5.56 Å². The van der Waals surface area contributed by atoms with Crippen LogP contribution >= 0.6 is 0 Å². The molecule has 1 heterocycles. The number of allylic oxidation sites excluding steroid dienone is 1. The van der Waals surface area contributed by atoms with E-state index in [2.05, 4.69) is 36.7 Å². The van der Waals surface area contributed by atoms with Crippen molar-refractivity contribution < 1.29 is 4.84 Å². The smallest absolute Gasteiger partial charge is 0.167 e. The highest BCUT2D eigenvalue weighted by Gasteiger charge is 2.21. The van der Waals surface area contributed by atoms with Crippen molar-refractivity contribution in [2.45, 2.75) is 39.0 Å². The largest absolute Gasteiger partial charge is 0.381 e. The van der Waals surface area contributed by atoms with Gasteiger partial charge in [0.2, 0.25) is 0 Å². The molecule has 17 heavy (non-hydrogen) atoms. The molecule has 1 saturated carbocycles. The van der Waals surface area contributed by atoms with E-state index in [1.807, 2.05) is 0 Å². The molecule has 0 saturated heterocycles. The first kappa shape index (κ1) is 10.7. The fraction of sp³-hybridized carbons (Fsp3) is 0.467. The van der Waals surface area contributed by atoms with Crippen LogP contribution in [0.4, 0.5) is 0 Å². The van der Waals surface area contributed by atoms with Crippen molar-refractivity contribution in [3.63, 3.8) is 0 Å². The molecule has 1 N–H and O–H groups in total. The van der Waals surface area contributed by atoms with Gasteiger partial charge in [-0.05, 0) is 37.3 Å². The zero-order valence-corrected chi connectivity index (χ0v) is 10.3. The molecule has 2 aliphatic rings. The Bertz CT molecular complexity index is 444. The van der Waals surface area contributed by atoms with Gasteiger partial charge in [0.15, 0.2) is 5.75 Å². The molecule has 0 spiro atoms. The molecule has 0 atom stereocenters. The molecule has 1 aromatic rings. The molecule has 2 heteroatoms. The zero-order valence-electron chi connectivity index (χ0n) is 10.3. The number of hydrogen-bond donors (Lipinski definition) is 1. The second-order valence-electron chi connectivity index (χ2n) is 5.13. The Kier molecular flexibility index (Phi) is 2.79. The van der Waals surface area contributed by atoms with Crippen LogP contribution in [0.3, 0.4) is 0 Å².